The molecular formula is C28H26ClF3N4O6S. The molecular weight excluding hydrogens is 613 g/mol. The van der Waals surface area contributed by atoms with Gasteiger partial charge in [-0.05, 0) is 84.4 Å². The number of nitrogens with zero attached hydrogens (tertiary/aromatic N) is 1. The average molecular weight is 639 g/mol. The van der Waals surface area contributed by atoms with Gasteiger partial charge < -0.3 is 37.1 Å². The third-order valence-corrected chi connectivity index (χ3v) is 4.88. The molecule has 0 aliphatic carbocycles. The Bertz CT molecular complexity index is 1530. The van der Waals surface area contributed by atoms with Gasteiger partial charge in [0.1, 0.15) is 17.2 Å². The zero-order chi connectivity index (χ0) is 29.5. The van der Waals surface area contributed by atoms with Gasteiger partial charge in [-0.15, -0.1) is 0 Å². The second kappa shape index (κ2) is 20.1. The van der Waals surface area contributed by atoms with Gasteiger partial charge in [0.2, 0.25) is 0 Å². The zero-order valence-electron chi connectivity index (χ0n) is 22.4. The van der Waals surface area contributed by atoms with Gasteiger partial charge in [-0.25, -0.2) is 4.79 Å². The minimum absolute atomic E-state index is 0. The number of anilines is 2. The first kappa shape index (κ1) is 40.3. The van der Waals surface area contributed by atoms with E-state index in [1.54, 1.807) is 37.3 Å². The third kappa shape index (κ3) is 14.0. The summed E-state index contributed by atoms with van der Waals surface area (Å²) in [7, 11) is 1.49. The molecule has 3 aromatic rings. The number of aromatic nitrogens is 1. The van der Waals surface area contributed by atoms with Crippen molar-refractivity contribution in [1.82, 2.24) is 10.3 Å². The molecule has 0 radical (unpaired) electrons. The standard InChI is InChI=1S/C21H16ClF3N4O3.C7H4S.3H2O/c1-26-19(30)18-11-15(8-9-27-18)32-14-5-2-12(3-6-14)28-20(31)29-13-4-7-17(22)16(10-13)21(23,24)25;1-2-3-4-5-6-7-8;;;/h2-11H,1H3,(H,26,30)(H2,28,29,31);8H,1H3;3*1H2. The van der Waals surface area contributed by atoms with Gasteiger partial charge in [-0.3, -0.25) is 9.78 Å². The van der Waals surface area contributed by atoms with Gasteiger partial charge in [0.15, 0.2) is 0 Å². The minimum Gasteiger partial charge on any atom is -0.457 e. The SMILES string of the molecule is CC#CC#CC#CS.CNC(=O)c1cc(Oc2ccc(NC(=O)Nc3ccc(Cl)c(C(F)(F)F)c3)cc2)ccn1.O.O.O. The number of alkyl halides is 3. The van der Waals surface area contributed by atoms with Crippen LogP contribution in [0.2, 0.25) is 5.02 Å². The minimum atomic E-state index is -4.64. The van der Waals surface area contributed by atoms with Gasteiger partial charge in [0, 0.05) is 30.7 Å². The number of halogens is 4. The first-order valence-electron chi connectivity index (χ1n) is 11.0. The van der Waals surface area contributed by atoms with Crippen molar-refractivity contribution in [2.24, 2.45) is 0 Å². The number of amides is 3. The van der Waals surface area contributed by atoms with E-state index in [4.69, 9.17) is 16.3 Å². The molecule has 0 saturated carbocycles. The molecule has 1 aromatic heterocycles. The van der Waals surface area contributed by atoms with E-state index in [1.807, 2.05) is 0 Å². The van der Waals surface area contributed by atoms with Crippen LogP contribution in [0.4, 0.5) is 29.3 Å². The summed E-state index contributed by atoms with van der Waals surface area (Å²) in [6, 6.07) is 11.6. The molecule has 43 heavy (non-hydrogen) atoms. The Balaban J connectivity index is 0. The lowest BCUT2D eigenvalue weighted by Gasteiger charge is -2.12. The molecule has 0 aliphatic rings. The van der Waals surface area contributed by atoms with Crippen LogP contribution >= 0.6 is 24.2 Å². The van der Waals surface area contributed by atoms with Crippen LogP contribution in [0.15, 0.2) is 60.8 Å². The Morgan fingerprint density at radius 2 is 1.49 bits per heavy atom. The Labute approximate surface area is 255 Å². The topological polar surface area (TPSA) is 187 Å². The normalized spacial score (nSPS) is 8.81. The van der Waals surface area contributed by atoms with Gasteiger partial charge in [0.05, 0.1) is 10.6 Å². The molecule has 9 N–H and O–H groups in total. The fraction of sp³-hybridized carbons (Fsp3) is 0.107. The molecule has 228 valence electrons. The number of hydrogen-bond acceptors (Lipinski definition) is 5. The lowest BCUT2D eigenvalue weighted by atomic mass is 10.2. The van der Waals surface area contributed by atoms with Crippen molar-refractivity contribution in [3.63, 3.8) is 0 Å². The van der Waals surface area contributed by atoms with Gasteiger partial charge in [-0.2, -0.15) is 13.2 Å². The molecule has 0 unspecified atom stereocenters. The largest absolute Gasteiger partial charge is 0.457 e. The lowest BCUT2D eigenvalue weighted by Crippen LogP contribution is -2.19. The molecule has 2 aromatic carbocycles. The number of hydrogen-bond donors (Lipinski definition) is 4. The number of rotatable bonds is 5. The van der Waals surface area contributed by atoms with E-state index < -0.39 is 22.8 Å². The fourth-order valence-corrected chi connectivity index (χ4v) is 3.02. The summed E-state index contributed by atoms with van der Waals surface area (Å²) in [6.45, 7) is 1.73. The molecule has 0 bridgehead atoms. The molecule has 1 heterocycles. The molecule has 0 spiro atoms. The van der Waals surface area contributed by atoms with Crippen LogP contribution in [0, 0.1) is 34.9 Å². The summed E-state index contributed by atoms with van der Waals surface area (Å²) in [6.07, 6.45) is -3.21. The van der Waals surface area contributed by atoms with Crippen molar-refractivity contribution in [2.45, 2.75) is 13.1 Å². The first-order valence-corrected chi connectivity index (χ1v) is 11.9. The van der Waals surface area contributed by atoms with E-state index >= 15 is 0 Å². The second-order valence-corrected chi connectivity index (χ2v) is 7.85. The highest BCUT2D eigenvalue weighted by atomic mass is 35.5. The molecule has 0 fully saturated rings. The predicted octanol–water partition coefficient (Wildman–Crippen LogP) is 3.98. The first-order chi connectivity index (χ1) is 19.1. The van der Waals surface area contributed by atoms with Gasteiger partial charge in [-0.1, -0.05) is 30.2 Å². The summed E-state index contributed by atoms with van der Waals surface area (Å²) in [5, 5.41) is 9.16. The Morgan fingerprint density at radius 3 is 2.07 bits per heavy atom. The Hall–Kier alpha value is -4.88. The smallest absolute Gasteiger partial charge is 0.417 e. The van der Waals surface area contributed by atoms with Crippen LogP contribution in [0.25, 0.3) is 0 Å². The highest BCUT2D eigenvalue weighted by Crippen LogP contribution is 2.36. The quantitative estimate of drug-likeness (QED) is 0.243. The number of carbonyl (C=O) groups is 2. The number of nitrogens with one attached hydrogen (secondary N) is 3. The van der Waals surface area contributed by atoms with Crippen molar-refractivity contribution in [2.75, 3.05) is 17.7 Å². The molecule has 3 amide bonds. The molecule has 15 heteroatoms. The van der Waals surface area contributed by atoms with E-state index in [-0.39, 0.29) is 33.7 Å². The summed E-state index contributed by atoms with van der Waals surface area (Å²) >= 11 is 9.18. The van der Waals surface area contributed by atoms with E-state index in [2.05, 4.69) is 68.4 Å². The number of benzene rings is 2. The highest BCUT2D eigenvalue weighted by molar-refractivity contribution is 7.85. The molecule has 10 nitrogen and oxygen atoms in total. The molecule has 0 saturated heterocycles. The number of pyridine rings is 1. The van der Waals surface area contributed by atoms with Gasteiger partial charge in [0.25, 0.3) is 5.91 Å². The van der Waals surface area contributed by atoms with E-state index in [9.17, 15) is 22.8 Å². The van der Waals surface area contributed by atoms with E-state index in [0.29, 0.717) is 17.2 Å². The van der Waals surface area contributed by atoms with Crippen molar-refractivity contribution in [3.8, 4) is 46.4 Å². The molecule has 3 rings (SSSR count). The summed E-state index contributed by atoms with van der Waals surface area (Å²) in [4.78, 5) is 27.7. The number of ether oxygens (including phenoxy) is 1. The second-order valence-electron chi connectivity index (χ2n) is 7.22. The summed E-state index contributed by atoms with van der Waals surface area (Å²) in [5.74, 6) is 13.0. The summed E-state index contributed by atoms with van der Waals surface area (Å²) < 4.78 is 44.5. The molecule has 0 atom stereocenters. The van der Waals surface area contributed by atoms with Crippen LogP contribution in [0.3, 0.4) is 0 Å². The highest BCUT2D eigenvalue weighted by Gasteiger charge is 2.33. The van der Waals surface area contributed by atoms with E-state index in [1.165, 1.54) is 25.4 Å². The van der Waals surface area contributed by atoms with Crippen molar-refractivity contribution >= 4 is 47.5 Å². The third-order valence-electron chi connectivity index (χ3n) is 4.44. The average Bonchev–Trinajstić information content (AvgIpc) is 2.93. The maximum Gasteiger partial charge on any atom is 0.417 e. The summed E-state index contributed by atoms with van der Waals surface area (Å²) in [5.41, 5.74) is -0.547. The van der Waals surface area contributed by atoms with Crippen molar-refractivity contribution < 1.29 is 43.9 Å². The zero-order valence-corrected chi connectivity index (χ0v) is 24.1. The lowest BCUT2D eigenvalue weighted by molar-refractivity contribution is -0.137. The van der Waals surface area contributed by atoms with E-state index in [0.717, 1.165) is 12.1 Å². The Morgan fingerprint density at radius 1 is 0.884 bits per heavy atom. The number of thiol groups is 1. The maximum atomic E-state index is 12.9. The molecule has 0 aliphatic heterocycles. The predicted molar refractivity (Wildman–Crippen MR) is 162 cm³/mol. The fourth-order valence-electron chi connectivity index (χ4n) is 2.74. The van der Waals surface area contributed by atoms with Crippen LogP contribution < -0.4 is 20.7 Å². The van der Waals surface area contributed by atoms with Crippen molar-refractivity contribution in [3.05, 3.63) is 77.1 Å². The van der Waals surface area contributed by atoms with Crippen LogP contribution in [0.5, 0.6) is 11.5 Å². The monoisotopic (exact) mass is 638 g/mol. The maximum absolute atomic E-state index is 12.9. The van der Waals surface area contributed by atoms with Crippen LogP contribution in [0.1, 0.15) is 23.0 Å². The number of urea groups is 1. The Kier molecular flexibility index (Phi) is 18.8. The van der Waals surface area contributed by atoms with Crippen molar-refractivity contribution in [1.29, 1.82) is 0 Å². The van der Waals surface area contributed by atoms with Gasteiger partial charge >= 0.3 is 12.2 Å². The van der Waals surface area contributed by atoms with Crippen LogP contribution in [-0.2, 0) is 6.18 Å². The number of carbonyl (C=O) groups excluding carboxylic acids is 2. The van der Waals surface area contributed by atoms with Crippen LogP contribution in [-0.4, -0.2) is 40.4 Å².